The Hall–Kier alpha value is -2.66. The van der Waals surface area contributed by atoms with Gasteiger partial charge in [-0.2, -0.15) is 0 Å². The van der Waals surface area contributed by atoms with Gasteiger partial charge < -0.3 is 14.2 Å². The minimum Gasteiger partial charge on any atom is -0.383 e. The number of rotatable bonds is 6. The molecule has 124 valence electrons. The number of nitrogens with zero attached hydrogens (tertiary/aromatic N) is 3. The van der Waals surface area contributed by atoms with Gasteiger partial charge in [0.25, 0.3) is 5.91 Å². The van der Waals surface area contributed by atoms with E-state index in [1.165, 1.54) is 0 Å². The molecule has 0 bridgehead atoms. The molecule has 3 rings (SSSR count). The van der Waals surface area contributed by atoms with Crippen molar-refractivity contribution in [2.75, 3.05) is 20.3 Å². The first-order chi connectivity index (χ1) is 11.7. The summed E-state index contributed by atoms with van der Waals surface area (Å²) in [5, 5.41) is 0.966. The quantitative estimate of drug-likeness (QED) is 0.701. The molecule has 0 spiro atoms. The van der Waals surface area contributed by atoms with Crippen LogP contribution in [0.3, 0.4) is 0 Å². The maximum atomic E-state index is 13.1. The number of ether oxygens (including phenoxy) is 1. The summed E-state index contributed by atoms with van der Waals surface area (Å²) in [5.41, 5.74) is 2.62. The van der Waals surface area contributed by atoms with E-state index in [0.29, 0.717) is 25.3 Å². The summed E-state index contributed by atoms with van der Waals surface area (Å²) in [4.78, 5) is 19.2. The Kier molecular flexibility index (Phi) is 4.91. The number of carbonyl (C=O) groups is 1. The second-order valence-electron chi connectivity index (χ2n) is 5.71. The summed E-state index contributed by atoms with van der Waals surface area (Å²) in [7, 11) is 3.60. The molecule has 2 aromatic heterocycles. The first kappa shape index (κ1) is 16.2. The summed E-state index contributed by atoms with van der Waals surface area (Å²) >= 11 is 0. The van der Waals surface area contributed by atoms with Gasteiger partial charge in [-0.1, -0.05) is 24.3 Å². The second kappa shape index (κ2) is 7.27. The van der Waals surface area contributed by atoms with E-state index < -0.39 is 0 Å². The van der Waals surface area contributed by atoms with E-state index in [9.17, 15) is 4.79 Å². The predicted octanol–water partition coefficient (Wildman–Crippen LogP) is 2.86. The largest absolute Gasteiger partial charge is 0.383 e. The number of benzene rings is 1. The van der Waals surface area contributed by atoms with Crippen molar-refractivity contribution in [1.82, 2.24) is 14.5 Å². The zero-order valence-corrected chi connectivity index (χ0v) is 14.0. The standard InChI is InChI=1S/C19H21N3O2/c1-21-14-17(16-8-3-4-9-18(16)21)19(23)22(11-12-24-2)13-15-7-5-6-10-20-15/h3-10,14H,11-13H2,1-2H3. The molecule has 5 heteroatoms. The number of methoxy groups -OCH3 is 1. The molecule has 1 aromatic carbocycles. The molecule has 0 radical (unpaired) electrons. The monoisotopic (exact) mass is 323 g/mol. The predicted molar refractivity (Wildman–Crippen MR) is 93.8 cm³/mol. The van der Waals surface area contributed by atoms with Gasteiger partial charge in [0.1, 0.15) is 0 Å². The van der Waals surface area contributed by atoms with Crippen LogP contribution in [0.4, 0.5) is 0 Å². The molecule has 24 heavy (non-hydrogen) atoms. The highest BCUT2D eigenvalue weighted by Crippen LogP contribution is 2.22. The van der Waals surface area contributed by atoms with Crippen molar-refractivity contribution >= 4 is 16.8 Å². The van der Waals surface area contributed by atoms with Crippen LogP contribution in [0, 0.1) is 0 Å². The molecule has 0 aliphatic rings. The Bertz CT molecular complexity index is 827. The number of carbonyl (C=O) groups excluding carboxylic acids is 1. The van der Waals surface area contributed by atoms with E-state index in [-0.39, 0.29) is 5.91 Å². The van der Waals surface area contributed by atoms with Crippen LogP contribution < -0.4 is 0 Å². The molecule has 5 nitrogen and oxygen atoms in total. The molecule has 0 atom stereocenters. The Morgan fingerprint density at radius 1 is 1.21 bits per heavy atom. The average molecular weight is 323 g/mol. The Balaban J connectivity index is 1.92. The lowest BCUT2D eigenvalue weighted by atomic mass is 10.1. The van der Waals surface area contributed by atoms with Gasteiger partial charge in [0.15, 0.2) is 0 Å². The molecule has 2 heterocycles. The Labute approximate surface area is 141 Å². The molecule has 0 fully saturated rings. The summed E-state index contributed by atoms with van der Waals surface area (Å²) in [5.74, 6) is -0.00509. The third-order valence-electron chi connectivity index (χ3n) is 4.06. The van der Waals surface area contributed by atoms with Gasteiger partial charge in [-0.25, -0.2) is 0 Å². The lowest BCUT2D eigenvalue weighted by Crippen LogP contribution is -2.33. The van der Waals surface area contributed by atoms with Crippen LogP contribution in [0.25, 0.3) is 10.9 Å². The van der Waals surface area contributed by atoms with E-state index in [1.807, 2.05) is 60.3 Å². The summed E-state index contributed by atoms with van der Waals surface area (Å²) in [6, 6.07) is 13.7. The third-order valence-corrected chi connectivity index (χ3v) is 4.06. The maximum absolute atomic E-state index is 13.1. The number of aryl methyl sites for hydroxylation is 1. The van der Waals surface area contributed by atoms with Crippen molar-refractivity contribution in [1.29, 1.82) is 0 Å². The van der Waals surface area contributed by atoms with E-state index in [1.54, 1.807) is 18.2 Å². The van der Waals surface area contributed by atoms with E-state index >= 15 is 0 Å². The molecular formula is C19H21N3O2. The van der Waals surface area contributed by atoms with Crippen molar-refractivity contribution in [2.24, 2.45) is 7.05 Å². The zero-order chi connectivity index (χ0) is 16.9. The number of hydrogen-bond acceptors (Lipinski definition) is 3. The van der Waals surface area contributed by atoms with Crippen molar-refractivity contribution < 1.29 is 9.53 Å². The minimum atomic E-state index is -0.00509. The number of amides is 1. The van der Waals surface area contributed by atoms with Crippen molar-refractivity contribution in [3.63, 3.8) is 0 Å². The molecule has 0 saturated heterocycles. The molecule has 0 saturated carbocycles. The molecular weight excluding hydrogens is 302 g/mol. The van der Waals surface area contributed by atoms with Crippen LogP contribution in [0.15, 0.2) is 54.9 Å². The molecule has 0 N–H and O–H groups in total. The fourth-order valence-electron chi connectivity index (χ4n) is 2.82. The Morgan fingerprint density at radius 2 is 2.00 bits per heavy atom. The topological polar surface area (TPSA) is 47.4 Å². The molecule has 3 aromatic rings. The fraction of sp³-hybridized carbons (Fsp3) is 0.263. The number of para-hydroxylation sites is 1. The van der Waals surface area contributed by atoms with Gasteiger partial charge >= 0.3 is 0 Å². The molecule has 0 aliphatic carbocycles. The molecule has 1 amide bonds. The van der Waals surface area contributed by atoms with Crippen LogP contribution in [0.2, 0.25) is 0 Å². The fourth-order valence-corrected chi connectivity index (χ4v) is 2.82. The summed E-state index contributed by atoms with van der Waals surface area (Å²) < 4.78 is 7.15. The van der Waals surface area contributed by atoms with E-state index in [4.69, 9.17) is 4.74 Å². The lowest BCUT2D eigenvalue weighted by molar-refractivity contribution is 0.0679. The van der Waals surface area contributed by atoms with Gasteiger partial charge in [-0.15, -0.1) is 0 Å². The highest BCUT2D eigenvalue weighted by atomic mass is 16.5. The van der Waals surface area contributed by atoms with Crippen LogP contribution in [-0.2, 0) is 18.3 Å². The molecule has 0 unspecified atom stereocenters. The Morgan fingerprint density at radius 3 is 2.75 bits per heavy atom. The maximum Gasteiger partial charge on any atom is 0.256 e. The number of aromatic nitrogens is 2. The van der Waals surface area contributed by atoms with Gasteiger partial charge in [0.2, 0.25) is 0 Å². The van der Waals surface area contributed by atoms with E-state index in [0.717, 1.165) is 16.6 Å². The van der Waals surface area contributed by atoms with Crippen LogP contribution >= 0.6 is 0 Å². The van der Waals surface area contributed by atoms with Crippen LogP contribution in [-0.4, -0.2) is 40.6 Å². The van der Waals surface area contributed by atoms with Gasteiger partial charge in [0.05, 0.1) is 24.4 Å². The van der Waals surface area contributed by atoms with E-state index in [2.05, 4.69) is 4.98 Å². The first-order valence-corrected chi connectivity index (χ1v) is 7.93. The van der Waals surface area contributed by atoms with Crippen molar-refractivity contribution in [3.8, 4) is 0 Å². The first-order valence-electron chi connectivity index (χ1n) is 7.93. The van der Waals surface area contributed by atoms with Crippen molar-refractivity contribution in [2.45, 2.75) is 6.54 Å². The van der Waals surface area contributed by atoms with Gasteiger partial charge in [-0.3, -0.25) is 9.78 Å². The summed E-state index contributed by atoms with van der Waals surface area (Å²) in [6.07, 6.45) is 3.64. The highest BCUT2D eigenvalue weighted by Gasteiger charge is 2.20. The van der Waals surface area contributed by atoms with Gasteiger partial charge in [0, 0.05) is 44.0 Å². The smallest absolute Gasteiger partial charge is 0.256 e. The normalized spacial score (nSPS) is 10.9. The van der Waals surface area contributed by atoms with Gasteiger partial charge in [-0.05, 0) is 18.2 Å². The van der Waals surface area contributed by atoms with Crippen LogP contribution in [0.5, 0.6) is 0 Å². The van der Waals surface area contributed by atoms with Crippen LogP contribution in [0.1, 0.15) is 16.1 Å². The number of fused-ring (bicyclic) bond motifs is 1. The minimum absolute atomic E-state index is 0.00509. The second-order valence-corrected chi connectivity index (χ2v) is 5.71. The number of pyridine rings is 1. The lowest BCUT2D eigenvalue weighted by Gasteiger charge is -2.22. The SMILES string of the molecule is COCCN(Cc1ccccn1)C(=O)c1cn(C)c2ccccc12. The average Bonchev–Trinajstić information content (AvgIpc) is 2.96. The van der Waals surface area contributed by atoms with Crippen molar-refractivity contribution in [3.05, 3.63) is 66.1 Å². The summed E-state index contributed by atoms with van der Waals surface area (Å²) in [6.45, 7) is 1.48. The number of hydrogen-bond donors (Lipinski definition) is 0. The molecule has 0 aliphatic heterocycles. The third kappa shape index (κ3) is 3.31. The zero-order valence-electron chi connectivity index (χ0n) is 14.0. The highest BCUT2D eigenvalue weighted by molar-refractivity contribution is 6.06.